The molecule has 1 heterocycles. The minimum absolute atomic E-state index is 0.0517. The molecule has 0 radical (unpaired) electrons. The number of carbonyl (C=O) groups is 1. The Morgan fingerprint density at radius 2 is 1.80 bits per heavy atom. The second kappa shape index (κ2) is 12.4. The van der Waals surface area contributed by atoms with Crippen molar-refractivity contribution in [1.29, 1.82) is 0 Å². The van der Waals surface area contributed by atoms with Crippen molar-refractivity contribution in [1.82, 2.24) is 15.5 Å². The Labute approximate surface area is 181 Å². The third-order valence-electron chi connectivity index (χ3n) is 5.78. The van der Waals surface area contributed by atoms with Gasteiger partial charge < -0.3 is 25.0 Å². The summed E-state index contributed by atoms with van der Waals surface area (Å²) in [6, 6.07) is 8.31. The van der Waals surface area contributed by atoms with Crippen LogP contribution in [0.5, 0.6) is 5.75 Å². The second-order valence-electron chi connectivity index (χ2n) is 7.56. The summed E-state index contributed by atoms with van der Waals surface area (Å²) in [5.41, 5.74) is 1.21. The van der Waals surface area contributed by atoms with Gasteiger partial charge in [-0.15, -0.1) is 0 Å². The molecule has 7 heteroatoms. The topological polar surface area (TPSA) is 75.2 Å². The fraction of sp³-hybridized carbons (Fsp3) is 0.652. The van der Waals surface area contributed by atoms with Crippen molar-refractivity contribution in [3.05, 3.63) is 29.8 Å². The highest BCUT2D eigenvalue weighted by atomic mass is 16.5. The van der Waals surface area contributed by atoms with E-state index < -0.39 is 0 Å². The zero-order chi connectivity index (χ0) is 21.8. The molecule has 1 aliphatic heterocycles. The molecule has 7 nitrogen and oxygen atoms in total. The van der Waals surface area contributed by atoms with Gasteiger partial charge in [-0.3, -0.25) is 9.79 Å². The molecule has 0 aliphatic carbocycles. The van der Waals surface area contributed by atoms with Gasteiger partial charge in [-0.25, -0.2) is 0 Å². The van der Waals surface area contributed by atoms with Gasteiger partial charge in [-0.1, -0.05) is 12.1 Å². The fourth-order valence-electron chi connectivity index (χ4n) is 3.84. The molecule has 30 heavy (non-hydrogen) atoms. The molecule has 0 saturated carbocycles. The van der Waals surface area contributed by atoms with Crippen molar-refractivity contribution in [2.24, 2.45) is 4.99 Å². The average molecular weight is 419 g/mol. The zero-order valence-corrected chi connectivity index (χ0v) is 19.0. The number of benzene rings is 1. The van der Waals surface area contributed by atoms with E-state index >= 15 is 0 Å². The van der Waals surface area contributed by atoms with Gasteiger partial charge in [0.05, 0.1) is 13.7 Å². The summed E-state index contributed by atoms with van der Waals surface area (Å²) >= 11 is 0. The second-order valence-corrected chi connectivity index (χ2v) is 7.56. The van der Waals surface area contributed by atoms with Crippen LogP contribution in [0.4, 0.5) is 0 Å². The number of methoxy groups -OCH3 is 1. The van der Waals surface area contributed by atoms with Crippen LogP contribution in [0.2, 0.25) is 0 Å². The fourth-order valence-corrected chi connectivity index (χ4v) is 3.84. The number of hydrogen-bond donors (Lipinski definition) is 2. The van der Waals surface area contributed by atoms with Crippen LogP contribution in [0.25, 0.3) is 0 Å². The third-order valence-corrected chi connectivity index (χ3v) is 5.78. The summed E-state index contributed by atoms with van der Waals surface area (Å²) in [4.78, 5) is 19.0. The Morgan fingerprint density at radius 3 is 2.37 bits per heavy atom. The highest BCUT2D eigenvalue weighted by Crippen LogP contribution is 2.36. The quantitative estimate of drug-likeness (QED) is 0.451. The van der Waals surface area contributed by atoms with E-state index in [1.54, 1.807) is 7.11 Å². The molecule has 0 unspecified atom stereocenters. The summed E-state index contributed by atoms with van der Waals surface area (Å²) in [6.07, 6.45) is 2.33. The number of ether oxygens (including phenoxy) is 2. The van der Waals surface area contributed by atoms with Crippen molar-refractivity contribution in [2.45, 2.75) is 45.4 Å². The molecule has 1 aromatic rings. The molecule has 0 spiro atoms. The molecule has 0 aromatic heterocycles. The first-order valence-corrected chi connectivity index (χ1v) is 11.1. The summed E-state index contributed by atoms with van der Waals surface area (Å²) in [5, 5.41) is 6.62. The molecule has 1 aliphatic rings. The van der Waals surface area contributed by atoms with E-state index in [-0.39, 0.29) is 11.3 Å². The van der Waals surface area contributed by atoms with Crippen molar-refractivity contribution in [2.75, 3.05) is 53.0 Å². The van der Waals surface area contributed by atoms with Crippen molar-refractivity contribution < 1.29 is 14.3 Å². The standard InChI is InChI=1S/C23H38N4O3/c1-5-24-22(25-15-12-21(28)27(6-2)7-3)26-18-23(13-16-30-17-14-23)19-8-10-20(29-4)11-9-19/h8-11H,5-7,12-18H2,1-4H3,(H2,24,25,26). The number of amides is 1. The average Bonchev–Trinajstić information content (AvgIpc) is 2.79. The van der Waals surface area contributed by atoms with Gasteiger partial charge >= 0.3 is 0 Å². The van der Waals surface area contributed by atoms with E-state index in [9.17, 15) is 4.79 Å². The third kappa shape index (κ3) is 6.62. The predicted octanol–water partition coefficient (Wildman–Crippen LogP) is 2.56. The first kappa shape index (κ1) is 24.0. The number of hydrogen-bond acceptors (Lipinski definition) is 4. The number of nitrogens with one attached hydrogen (secondary N) is 2. The van der Waals surface area contributed by atoms with Gasteiger partial charge in [0.1, 0.15) is 5.75 Å². The number of rotatable bonds is 10. The van der Waals surface area contributed by atoms with Gasteiger partial charge in [-0.05, 0) is 51.3 Å². The summed E-state index contributed by atoms with van der Waals surface area (Å²) in [5.74, 6) is 1.78. The number of guanidine groups is 1. The lowest BCUT2D eigenvalue weighted by molar-refractivity contribution is -0.130. The van der Waals surface area contributed by atoms with Crippen LogP contribution < -0.4 is 15.4 Å². The largest absolute Gasteiger partial charge is 0.497 e. The van der Waals surface area contributed by atoms with Crippen LogP contribution in [-0.4, -0.2) is 69.8 Å². The lowest BCUT2D eigenvalue weighted by atomic mass is 9.74. The number of carbonyl (C=O) groups excluding carboxylic acids is 1. The maximum atomic E-state index is 12.2. The molecule has 1 amide bonds. The van der Waals surface area contributed by atoms with E-state index in [2.05, 4.69) is 22.8 Å². The highest BCUT2D eigenvalue weighted by molar-refractivity contribution is 5.81. The molecule has 2 N–H and O–H groups in total. The van der Waals surface area contributed by atoms with Crippen LogP contribution >= 0.6 is 0 Å². The summed E-state index contributed by atoms with van der Waals surface area (Å²) in [6.45, 7) is 11.0. The SMILES string of the molecule is CCNC(=NCC1(c2ccc(OC)cc2)CCOCC1)NCCC(=O)N(CC)CC. The van der Waals surface area contributed by atoms with Crippen LogP contribution in [-0.2, 0) is 14.9 Å². The molecule has 2 rings (SSSR count). The molecular weight excluding hydrogens is 380 g/mol. The molecular formula is C23H38N4O3. The van der Waals surface area contributed by atoms with Crippen LogP contribution in [0.1, 0.15) is 45.6 Å². The first-order chi connectivity index (χ1) is 14.6. The Hall–Kier alpha value is -2.28. The van der Waals surface area contributed by atoms with Gasteiger partial charge in [0.2, 0.25) is 5.91 Å². The van der Waals surface area contributed by atoms with Gasteiger partial charge in [0, 0.05) is 51.2 Å². The maximum Gasteiger partial charge on any atom is 0.224 e. The van der Waals surface area contributed by atoms with Gasteiger partial charge in [0.25, 0.3) is 0 Å². The van der Waals surface area contributed by atoms with E-state index in [4.69, 9.17) is 14.5 Å². The predicted molar refractivity (Wildman–Crippen MR) is 121 cm³/mol. The molecule has 0 bridgehead atoms. The lowest BCUT2D eigenvalue weighted by Gasteiger charge is -2.36. The normalized spacial score (nSPS) is 16.1. The van der Waals surface area contributed by atoms with Crippen LogP contribution in [0.3, 0.4) is 0 Å². The number of nitrogens with zero attached hydrogens (tertiary/aromatic N) is 2. The lowest BCUT2D eigenvalue weighted by Crippen LogP contribution is -2.42. The van der Waals surface area contributed by atoms with Crippen molar-refractivity contribution >= 4 is 11.9 Å². The zero-order valence-electron chi connectivity index (χ0n) is 19.0. The minimum Gasteiger partial charge on any atom is -0.497 e. The van der Waals surface area contributed by atoms with Gasteiger partial charge in [-0.2, -0.15) is 0 Å². The van der Waals surface area contributed by atoms with Crippen molar-refractivity contribution in [3.8, 4) is 5.75 Å². The van der Waals surface area contributed by atoms with Crippen LogP contribution in [0, 0.1) is 0 Å². The van der Waals surface area contributed by atoms with E-state index in [1.165, 1.54) is 5.56 Å². The molecule has 0 atom stereocenters. The highest BCUT2D eigenvalue weighted by Gasteiger charge is 2.34. The molecule has 1 saturated heterocycles. The monoisotopic (exact) mass is 418 g/mol. The Bertz CT molecular complexity index is 666. The molecule has 1 aromatic carbocycles. The van der Waals surface area contributed by atoms with Crippen LogP contribution in [0.15, 0.2) is 29.3 Å². The minimum atomic E-state index is -0.0517. The Morgan fingerprint density at radius 1 is 1.13 bits per heavy atom. The molecule has 1 fully saturated rings. The summed E-state index contributed by atoms with van der Waals surface area (Å²) < 4.78 is 10.9. The van der Waals surface area contributed by atoms with E-state index in [0.29, 0.717) is 19.5 Å². The van der Waals surface area contributed by atoms with E-state index in [1.807, 2.05) is 37.8 Å². The van der Waals surface area contributed by atoms with E-state index in [0.717, 1.165) is 57.4 Å². The van der Waals surface area contributed by atoms with Crippen molar-refractivity contribution in [3.63, 3.8) is 0 Å². The number of aliphatic imine (C=N–C) groups is 1. The molecule has 168 valence electrons. The summed E-state index contributed by atoms with van der Waals surface area (Å²) in [7, 11) is 1.68. The Kier molecular flexibility index (Phi) is 9.94. The van der Waals surface area contributed by atoms with Gasteiger partial charge in [0.15, 0.2) is 5.96 Å². The first-order valence-electron chi connectivity index (χ1n) is 11.1. The Balaban J connectivity index is 2.07. The smallest absolute Gasteiger partial charge is 0.224 e. The maximum absolute atomic E-state index is 12.2.